The predicted molar refractivity (Wildman–Crippen MR) is 112 cm³/mol. The van der Waals surface area contributed by atoms with Crippen LogP contribution in [0.5, 0.6) is 0 Å². The van der Waals surface area contributed by atoms with Gasteiger partial charge in [-0.1, -0.05) is 18.2 Å². The van der Waals surface area contributed by atoms with Crippen LogP contribution in [0.2, 0.25) is 0 Å². The third kappa shape index (κ3) is 3.19. The van der Waals surface area contributed by atoms with E-state index in [1.165, 1.54) is 0 Å². The molecular weight excluding hydrogens is 348 g/mol. The Labute approximate surface area is 166 Å². The van der Waals surface area contributed by atoms with E-state index < -0.39 is 0 Å². The van der Waals surface area contributed by atoms with Crippen LogP contribution in [0.15, 0.2) is 36.7 Å². The summed E-state index contributed by atoms with van der Waals surface area (Å²) >= 11 is 0. The zero-order valence-electron chi connectivity index (χ0n) is 17.4. The van der Waals surface area contributed by atoms with Crippen molar-refractivity contribution in [2.75, 3.05) is 6.54 Å². The van der Waals surface area contributed by atoms with Crippen LogP contribution >= 0.6 is 0 Å². The number of amides is 1. The quantitative estimate of drug-likeness (QED) is 0.646. The molecule has 1 fully saturated rings. The Morgan fingerprint density at radius 1 is 1.25 bits per heavy atom. The molecule has 1 aliphatic heterocycles. The highest BCUT2D eigenvalue weighted by atomic mass is 16.2. The van der Waals surface area contributed by atoms with Gasteiger partial charge in [0, 0.05) is 29.7 Å². The minimum atomic E-state index is -0.103. The molecular formula is C23H28N4O. The number of carbonyl (C=O) groups is 1. The molecule has 3 heterocycles. The first-order valence-corrected chi connectivity index (χ1v) is 10.0. The zero-order valence-corrected chi connectivity index (χ0v) is 17.4. The maximum absolute atomic E-state index is 13.4. The summed E-state index contributed by atoms with van der Waals surface area (Å²) in [5, 5.41) is 5.44. The van der Waals surface area contributed by atoms with Gasteiger partial charge in [0.25, 0.3) is 5.91 Å². The Balaban J connectivity index is 1.88. The van der Waals surface area contributed by atoms with Crippen molar-refractivity contribution in [1.29, 1.82) is 0 Å². The van der Waals surface area contributed by atoms with Crippen LogP contribution in [0.4, 0.5) is 0 Å². The van der Waals surface area contributed by atoms with Crippen LogP contribution in [0.3, 0.4) is 0 Å². The van der Waals surface area contributed by atoms with Crippen LogP contribution in [-0.2, 0) is 5.54 Å². The summed E-state index contributed by atoms with van der Waals surface area (Å²) < 4.78 is 1.94. The van der Waals surface area contributed by atoms with Crippen LogP contribution in [-0.4, -0.2) is 38.2 Å². The number of benzene rings is 1. The van der Waals surface area contributed by atoms with Crippen molar-refractivity contribution in [3.05, 3.63) is 47.8 Å². The van der Waals surface area contributed by atoms with Crippen molar-refractivity contribution >= 4 is 16.8 Å². The molecule has 4 rings (SSSR count). The SMILES string of the molecule is Cc1cccc2c(C(=O)N3CCCC3C)cc(-c3cnn(C(C)(C)C)c3)nc12. The molecule has 146 valence electrons. The topological polar surface area (TPSA) is 51.0 Å². The molecule has 0 saturated carbocycles. The molecule has 1 aromatic carbocycles. The second-order valence-electron chi connectivity index (χ2n) is 8.86. The van der Waals surface area contributed by atoms with Crippen molar-refractivity contribution in [2.24, 2.45) is 0 Å². The number of pyridine rings is 1. The van der Waals surface area contributed by atoms with Crippen molar-refractivity contribution in [3.8, 4) is 11.3 Å². The summed E-state index contributed by atoms with van der Waals surface area (Å²) in [5.74, 6) is 0.104. The standard InChI is InChI=1S/C23H28N4O/c1-15-8-6-10-18-19(22(28)26-11-7-9-16(26)2)12-20(25-21(15)18)17-13-24-27(14-17)23(3,4)5/h6,8,10,12-14,16H,7,9,11H2,1-5H3. The molecule has 3 aromatic rings. The van der Waals surface area contributed by atoms with Gasteiger partial charge in [0.1, 0.15) is 0 Å². The van der Waals surface area contributed by atoms with Crippen LogP contribution < -0.4 is 0 Å². The first kappa shape index (κ1) is 18.7. The summed E-state index contributed by atoms with van der Waals surface area (Å²) in [4.78, 5) is 20.3. The zero-order chi connectivity index (χ0) is 20.1. The number of likely N-dealkylation sites (tertiary alicyclic amines) is 1. The summed E-state index contributed by atoms with van der Waals surface area (Å²) in [7, 11) is 0. The number of hydrogen-bond acceptors (Lipinski definition) is 3. The first-order valence-electron chi connectivity index (χ1n) is 10.0. The molecule has 1 saturated heterocycles. The number of nitrogens with zero attached hydrogens (tertiary/aromatic N) is 4. The Kier molecular flexibility index (Phi) is 4.48. The molecule has 0 spiro atoms. The van der Waals surface area contributed by atoms with Gasteiger partial charge in [0.15, 0.2) is 0 Å². The van der Waals surface area contributed by atoms with E-state index in [2.05, 4.69) is 32.8 Å². The fourth-order valence-electron chi connectivity index (χ4n) is 3.93. The first-order chi connectivity index (χ1) is 13.3. The van der Waals surface area contributed by atoms with E-state index in [9.17, 15) is 4.79 Å². The third-order valence-electron chi connectivity index (χ3n) is 5.65. The molecule has 1 amide bonds. The van der Waals surface area contributed by atoms with Crippen molar-refractivity contribution < 1.29 is 4.79 Å². The number of aromatic nitrogens is 3. The summed E-state index contributed by atoms with van der Waals surface area (Å²) in [6.45, 7) is 11.4. The number of para-hydroxylation sites is 1. The largest absolute Gasteiger partial charge is 0.336 e. The van der Waals surface area contributed by atoms with E-state index in [-0.39, 0.29) is 17.5 Å². The molecule has 0 bridgehead atoms. The van der Waals surface area contributed by atoms with Crippen molar-refractivity contribution in [1.82, 2.24) is 19.7 Å². The number of rotatable bonds is 2. The summed E-state index contributed by atoms with van der Waals surface area (Å²) in [5.41, 5.74) is 4.33. The predicted octanol–water partition coefficient (Wildman–Crippen LogP) is 4.79. The molecule has 1 unspecified atom stereocenters. The fourth-order valence-corrected chi connectivity index (χ4v) is 3.93. The van der Waals surface area contributed by atoms with Crippen LogP contribution in [0.25, 0.3) is 22.2 Å². The Morgan fingerprint density at radius 3 is 2.68 bits per heavy atom. The van der Waals surface area contributed by atoms with Gasteiger partial charge in [0.05, 0.1) is 28.5 Å². The van der Waals surface area contributed by atoms with Gasteiger partial charge in [-0.15, -0.1) is 0 Å². The van der Waals surface area contributed by atoms with Gasteiger partial charge in [-0.05, 0) is 59.1 Å². The fraction of sp³-hybridized carbons (Fsp3) is 0.435. The normalized spacial score (nSPS) is 17.5. The number of aryl methyl sites for hydroxylation is 1. The molecule has 2 aromatic heterocycles. The van der Waals surface area contributed by atoms with Crippen LogP contribution in [0.1, 0.15) is 56.5 Å². The lowest BCUT2D eigenvalue weighted by Gasteiger charge is -2.22. The van der Waals surface area contributed by atoms with E-state index in [0.717, 1.165) is 52.7 Å². The van der Waals surface area contributed by atoms with Gasteiger partial charge in [-0.25, -0.2) is 4.98 Å². The third-order valence-corrected chi connectivity index (χ3v) is 5.65. The molecule has 0 aliphatic carbocycles. The number of hydrogen-bond donors (Lipinski definition) is 0. The smallest absolute Gasteiger partial charge is 0.254 e. The van der Waals surface area contributed by atoms with Gasteiger partial charge in [-0.2, -0.15) is 5.10 Å². The lowest BCUT2D eigenvalue weighted by Crippen LogP contribution is -2.33. The number of fused-ring (bicyclic) bond motifs is 1. The van der Waals surface area contributed by atoms with Gasteiger partial charge in [0.2, 0.25) is 0 Å². The Hall–Kier alpha value is -2.69. The molecule has 1 aliphatic rings. The monoisotopic (exact) mass is 376 g/mol. The highest BCUT2D eigenvalue weighted by Gasteiger charge is 2.28. The van der Waals surface area contributed by atoms with E-state index in [0.29, 0.717) is 0 Å². The van der Waals surface area contributed by atoms with E-state index in [1.54, 1.807) is 0 Å². The Morgan fingerprint density at radius 2 is 2.04 bits per heavy atom. The molecule has 28 heavy (non-hydrogen) atoms. The molecule has 0 N–H and O–H groups in total. The van der Waals surface area contributed by atoms with Crippen molar-refractivity contribution in [3.63, 3.8) is 0 Å². The lowest BCUT2D eigenvalue weighted by molar-refractivity contribution is 0.0749. The second kappa shape index (κ2) is 6.73. The van der Waals surface area contributed by atoms with Crippen molar-refractivity contribution in [2.45, 2.75) is 59.0 Å². The second-order valence-corrected chi connectivity index (χ2v) is 8.86. The summed E-state index contributed by atoms with van der Waals surface area (Å²) in [6, 6.07) is 8.28. The van der Waals surface area contributed by atoms with Gasteiger partial charge >= 0.3 is 0 Å². The average molecular weight is 377 g/mol. The maximum atomic E-state index is 13.4. The highest BCUT2D eigenvalue weighted by Crippen LogP contribution is 2.30. The molecule has 1 atom stereocenters. The molecule has 0 radical (unpaired) electrons. The number of carbonyl (C=O) groups excluding carboxylic acids is 1. The van der Waals surface area contributed by atoms with E-state index in [4.69, 9.17) is 4.98 Å². The summed E-state index contributed by atoms with van der Waals surface area (Å²) in [6.07, 6.45) is 5.99. The molecule has 5 heteroatoms. The molecule has 5 nitrogen and oxygen atoms in total. The minimum Gasteiger partial charge on any atom is -0.336 e. The van der Waals surface area contributed by atoms with E-state index in [1.807, 2.05) is 53.2 Å². The average Bonchev–Trinajstić information content (AvgIpc) is 3.30. The minimum absolute atomic E-state index is 0.103. The van der Waals surface area contributed by atoms with Crippen LogP contribution in [0, 0.1) is 6.92 Å². The lowest BCUT2D eigenvalue weighted by atomic mass is 10.0. The Bertz CT molecular complexity index is 1040. The highest BCUT2D eigenvalue weighted by molar-refractivity contribution is 6.08. The van der Waals surface area contributed by atoms with Gasteiger partial charge in [-0.3, -0.25) is 9.48 Å². The van der Waals surface area contributed by atoms with Gasteiger partial charge < -0.3 is 4.90 Å². The van der Waals surface area contributed by atoms with E-state index >= 15 is 0 Å². The maximum Gasteiger partial charge on any atom is 0.254 e.